The number of hydrogen-bond acceptors (Lipinski definition) is 6. The first-order chi connectivity index (χ1) is 17.6. The molecule has 37 heavy (non-hydrogen) atoms. The highest BCUT2D eigenvalue weighted by molar-refractivity contribution is 7.98. The van der Waals surface area contributed by atoms with E-state index in [-0.39, 0.29) is 11.9 Å². The van der Waals surface area contributed by atoms with Gasteiger partial charge < -0.3 is 15.5 Å². The van der Waals surface area contributed by atoms with Crippen molar-refractivity contribution < 1.29 is 24.6 Å². The van der Waals surface area contributed by atoms with Crippen molar-refractivity contribution in [3.63, 3.8) is 0 Å². The Kier molecular flexibility index (Phi) is 9.39. The number of aliphatic carboxylic acids is 2. The lowest BCUT2D eigenvalue weighted by atomic mass is 10.1. The van der Waals surface area contributed by atoms with Gasteiger partial charge in [0.05, 0.1) is 6.54 Å². The first kappa shape index (κ1) is 27.4. The minimum absolute atomic E-state index is 0.0503. The summed E-state index contributed by atoms with van der Waals surface area (Å²) < 4.78 is 2.15. The zero-order valence-electron chi connectivity index (χ0n) is 20.7. The molecule has 2 aromatic heterocycles. The lowest BCUT2D eigenvalue weighted by Gasteiger charge is -2.11. The van der Waals surface area contributed by atoms with Crippen molar-refractivity contribution in [1.29, 1.82) is 0 Å². The average Bonchev–Trinajstić information content (AvgIpc) is 3.20. The molecule has 0 radical (unpaired) electrons. The van der Waals surface area contributed by atoms with Crippen LogP contribution in [0.4, 0.5) is 0 Å². The van der Waals surface area contributed by atoms with Gasteiger partial charge in [-0.15, -0.1) is 0 Å². The molecule has 192 valence electrons. The van der Waals surface area contributed by atoms with Gasteiger partial charge in [0.15, 0.2) is 10.8 Å². The molecule has 0 fully saturated rings. The predicted octanol–water partition coefficient (Wildman–Crippen LogP) is 4.37. The Morgan fingerprint density at radius 2 is 1.68 bits per heavy atom. The van der Waals surface area contributed by atoms with Crippen molar-refractivity contribution >= 4 is 40.8 Å². The number of rotatable bonds is 7. The number of aromatic nitrogens is 3. The summed E-state index contributed by atoms with van der Waals surface area (Å²) in [5.41, 5.74) is 6.06. The number of carboxylic acid groups (broad SMARTS) is 2. The van der Waals surface area contributed by atoms with Crippen LogP contribution >= 0.6 is 11.8 Å². The number of pyridine rings is 1. The second kappa shape index (κ2) is 12.7. The van der Waals surface area contributed by atoms with Crippen LogP contribution in [0.3, 0.4) is 0 Å². The molecule has 2 heterocycles. The summed E-state index contributed by atoms with van der Waals surface area (Å²) in [7, 11) is 0. The Labute approximate surface area is 218 Å². The van der Waals surface area contributed by atoms with Crippen LogP contribution in [0.15, 0.2) is 72.0 Å². The summed E-state index contributed by atoms with van der Waals surface area (Å²) in [6.07, 6.45) is 1.80. The zero-order valence-corrected chi connectivity index (χ0v) is 21.5. The molecular weight excluding hydrogens is 492 g/mol. The molecule has 1 amide bonds. The highest BCUT2D eigenvalue weighted by Gasteiger charge is 2.14. The molecule has 2 aromatic carbocycles. The van der Waals surface area contributed by atoms with E-state index < -0.39 is 11.9 Å². The number of imidazole rings is 1. The number of fused-ring (bicyclic) bond motifs is 1. The van der Waals surface area contributed by atoms with Crippen LogP contribution < -0.4 is 5.32 Å². The van der Waals surface area contributed by atoms with E-state index in [1.165, 1.54) is 11.1 Å². The van der Waals surface area contributed by atoms with Gasteiger partial charge >= 0.3 is 11.9 Å². The van der Waals surface area contributed by atoms with E-state index in [4.69, 9.17) is 24.8 Å². The van der Waals surface area contributed by atoms with Crippen molar-refractivity contribution in [3.05, 3.63) is 89.1 Å². The topological polar surface area (TPSA) is 134 Å². The Bertz CT molecular complexity index is 1390. The van der Waals surface area contributed by atoms with Crippen LogP contribution in [0.5, 0.6) is 0 Å². The van der Waals surface area contributed by atoms with Crippen molar-refractivity contribution in [2.45, 2.75) is 44.3 Å². The van der Waals surface area contributed by atoms with E-state index >= 15 is 0 Å². The van der Waals surface area contributed by atoms with E-state index in [0.29, 0.717) is 12.1 Å². The average molecular weight is 521 g/mol. The smallest absolute Gasteiger partial charge is 0.414 e. The lowest BCUT2D eigenvalue weighted by Crippen LogP contribution is -2.30. The zero-order chi connectivity index (χ0) is 26.9. The van der Waals surface area contributed by atoms with E-state index in [1.807, 2.05) is 50.2 Å². The minimum Gasteiger partial charge on any atom is -0.473 e. The molecule has 0 aliphatic rings. The van der Waals surface area contributed by atoms with E-state index in [1.54, 1.807) is 18.0 Å². The predicted molar refractivity (Wildman–Crippen MR) is 142 cm³/mol. The normalized spacial score (nSPS) is 10.6. The molecule has 0 atom stereocenters. The minimum atomic E-state index is -1.82. The van der Waals surface area contributed by atoms with Crippen LogP contribution in [-0.2, 0) is 21.9 Å². The third-order valence-corrected chi connectivity index (χ3v) is 6.13. The molecule has 0 aliphatic heterocycles. The van der Waals surface area contributed by atoms with Gasteiger partial charge in [-0.2, -0.15) is 0 Å². The van der Waals surface area contributed by atoms with Crippen LogP contribution in [-0.4, -0.2) is 48.6 Å². The van der Waals surface area contributed by atoms with Crippen molar-refractivity contribution in [2.75, 3.05) is 0 Å². The largest absolute Gasteiger partial charge is 0.473 e. The molecule has 9 nitrogen and oxygen atoms in total. The molecule has 0 aliphatic carbocycles. The highest BCUT2D eigenvalue weighted by Crippen LogP contribution is 2.27. The lowest BCUT2D eigenvalue weighted by molar-refractivity contribution is -0.159. The van der Waals surface area contributed by atoms with Gasteiger partial charge in [-0.1, -0.05) is 53.7 Å². The number of carboxylic acids is 2. The van der Waals surface area contributed by atoms with Crippen molar-refractivity contribution in [1.82, 2.24) is 19.9 Å². The van der Waals surface area contributed by atoms with Gasteiger partial charge in [0, 0.05) is 23.6 Å². The summed E-state index contributed by atoms with van der Waals surface area (Å²) in [6.45, 7) is 6.67. The van der Waals surface area contributed by atoms with Crippen LogP contribution in [0, 0.1) is 6.92 Å². The van der Waals surface area contributed by atoms with E-state index in [0.717, 1.165) is 27.6 Å². The first-order valence-corrected chi connectivity index (χ1v) is 12.5. The Hall–Kier alpha value is -4.18. The number of amides is 1. The van der Waals surface area contributed by atoms with Crippen LogP contribution in [0.2, 0.25) is 0 Å². The number of benzene rings is 2. The molecular formula is C27H28N4O5S. The SMILES string of the molecule is Cc1cccc(CSc2nc3cccnc3n2Cc2ccc(C(=O)NC(C)C)cc2)c1.O=C(O)C(=O)O. The third-order valence-electron chi connectivity index (χ3n) is 5.08. The summed E-state index contributed by atoms with van der Waals surface area (Å²) in [5, 5.41) is 18.7. The van der Waals surface area contributed by atoms with Crippen molar-refractivity contribution in [3.8, 4) is 0 Å². The van der Waals surface area contributed by atoms with Gasteiger partial charge in [-0.25, -0.2) is 19.6 Å². The Morgan fingerprint density at radius 1 is 0.973 bits per heavy atom. The fraction of sp³-hybridized carbons (Fsp3) is 0.222. The fourth-order valence-electron chi connectivity index (χ4n) is 3.43. The van der Waals surface area contributed by atoms with Gasteiger partial charge in [0.2, 0.25) is 0 Å². The standard InChI is InChI=1S/C25H26N4OS.C2H2O4/c1-17(2)27-24(30)21-11-9-19(10-12-21)15-29-23-22(8-5-13-26-23)28-25(29)31-16-20-7-4-6-18(3)14-20;3-1(4)2(5)6/h4-14,17H,15-16H2,1-3H3,(H,27,30);(H,3,4)(H,5,6). The Morgan fingerprint density at radius 3 is 2.30 bits per heavy atom. The maximum absolute atomic E-state index is 12.2. The quantitative estimate of drug-likeness (QED) is 0.241. The first-order valence-electron chi connectivity index (χ1n) is 11.5. The number of nitrogens with one attached hydrogen (secondary N) is 1. The summed E-state index contributed by atoms with van der Waals surface area (Å²) in [4.78, 5) is 39.8. The van der Waals surface area contributed by atoms with Gasteiger partial charge in [-0.3, -0.25) is 9.36 Å². The van der Waals surface area contributed by atoms with E-state index in [9.17, 15) is 4.79 Å². The number of aryl methyl sites for hydroxylation is 1. The molecule has 0 saturated carbocycles. The molecule has 0 spiro atoms. The second-order valence-electron chi connectivity index (χ2n) is 8.54. The van der Waals surface area contributed by atoms with Gasteiger partial charge in [-0.05, 0) is 56.2 Å². The monoisotopic (exact) mass is 520 g/mol. The maximum Gasteiger partial charge on any atom is 0.414 e. The molecule has 4 aromatic rings. The molecule has 0 bridgehead atoms. The van der Waals surface area contributed by atoms with Gasteiger partial charge in [0.1, 0.15) is 5.52 Å². The van der Waals surface area contributed by atoms with E-state index in [2.05, 4.69) is 46.1 Å². The highest BCUT2D eigenvalue weighted by atomic mass is 32.2. The van der Waals surface area contributed by atoms with Crippen LogP contribution in [0.1, 0.15) is 40.9 Å². The summed E-state index contributed by atoms with van der Waals surface area (Å²) >= 11 is 1.72. The van der Waals surface area contributed by atoms with Gasteiger partial charge in [0.25, 0.3) is 5.91 Å². The molecule has 0 saturated heterocycles. The molecule has 10 heteroatoms. The number of thioether (sulfide) groups is 1. The number of carbonyl (C=O) groups is 3. The maximum atomic E-state index is 12.2. The van der Waals surface area contributed by atoms with Crippen LogP contribution in [0.25, 0.3) is 11.2 Å². The summed E-state index contributed by atoms with van der Waals surface area (Å²) in [5.74, 6) is -2.85. The molecule has 0 unspecified atom stereocenters. The third kappa shape index (κ3) is 7.91. The Balaban J connectivity index is 0.000000568. The fourth-order valence-corrected chi connectivity index (χ4v) is 4.37. The van der Waals surface area contributed by atoms with Crippen molar-refractivity contribution in [2.24, 2.45) is 0 Å². The number of carbonyl (C=O) groups excluding carboxylic acids is 1. The number of hydrogen-bond donors (Lipinski definition) is 3. The molecule has 3 N–H and O–H groups in total. The summed E-state index contributed by atoms with van der Waals surface area (Å²) in [6, 6.07) is 20.3. The molecule has 4 rings (SSSR count). The second-order valence-corrected chi connectivity index (χ2v) is 9.48. The number of nitrogens with zero attached hydrogens (tertiary/aromatic N) is 3.